The topological polar surface area (TPSA) is 100.0 Å². The van der Waals surface area contributed by atoms with Crippen LogP contribution in [0.2, 0.25) is 0 Å². The number of benzene rings is 2. The van der Waals surface area contributed by atoms with Crippen molar-refractivity contribution in [3.8, 4) is 11.5 Å². The second-order valence-corrected chi connectivity index (χ2v) is 7.40. The van der Waals surface area contributed by atoms with Gasteiger partial charge in [-0.1, -0.05) is 6.07 Å². The molecule has 0 spiro atoms. The molecule has 2 heterocycles. The summed E-state index contributed by atoms with van der Waals surface area (Å²) in [5, 5.41) is 21.6. The first-order chi connectivity index (χ1) is 15.4. The third-order valence-corrected chi connectivity index (χ3v) is 5.30. The molecule has 0 radical (unpaired) electrons. The molecule has 1 fully saturated rings. The first-order valence-electron chi connectivity index (χ1n) is 10.2. The number of carbonyl (C=O) groups is 2. The molecule has 2 N–H and O–H groups in total. The van der Waals surface area contributed by atoms with Crippen molar-refractivity contribution >= 4 is 23.1 Å². The molecule has 3 aromatic rings. The molecule has 1 atom stereocenters. The van der Waals surface area contributed by atoms with E-state index in [1.54, 1.807) is 60.9 Å². The SMILES string of the molecule is CCOc1ccc(/C(O)=C2\C(=O)C(=O)N(c3cc(C)ccc3O)C2c2ccncc2)cc1. The summed E-state index contributed by atoms with van der Waals surface area (Å²) in [7, 11) is 0. The first kappa shape index (κ1) is 21.1. The first-order valence-corrected chi connectivity index (χ1v) is 10.2. The predicted molar refractivity (Wildman–Crippen MR) is 119 cm³/mol. The van der Waals surface area contributed by atoms with E-state index in [9.17, 15) is 19.8 Å². The molecule has 7 heteroatoms. The molecule has 0 aliphatic carbocycles. The fraction of sp³-hybridized carbons (Fsp3) is 0.160. The Morgan fingerprint density at radius 3 is 2.41 bits per heavy atom. The normalized spacial score (nSPS) is 17.6. The highest BCUT2D eigenvalue weighted by molar-refractivity contribution is 6.51. The summed E-state index contributed by atoms with van der Waals surface area (Å²) >= 11 is 0. The number of aliphatic hydroxyl groups is 1. The van der Waals surface area contributed by atoms with Crippen LogP contribution in [0.4, 0.5) is 5.69 Å². The number of aromatic nitrogens is 1. The molecular weight excluding hydrogens is 408 g/mol. The maximum absolute atomic E-state index is 13.1. The maximum atomic E-state index is 13.1. The number of amides is 1. The number of ether oxygens (including phenoxy) is 1. The lowest BCUT2D eigenvalue weighted by molar-refractivity contribution is -0.132. The van der Waals surface area contributed by atoms with Gasteiger partial charge in [0.25, 0.3) is 11.7 Å². The van der Waals surface area contributed by atoms with Crippen LogP contribution in [0.1, 0.15) is 29.7 Å². The van der Waals surface area contributed by atoms with E-state index < -0.39 is 17.7 Å². The molecule has 0 saturated carbocycles. The number of anilines is 1. The van der Waals surface area contributed by atoms with Crippen LogP contribution in [0.25, 0.3) is 5.76 Å². The number of phenols is 1. The van der Waals surface area contributed by atoms with E-state index >= 15 is 0 Å². The Labute approximate surface area is 185 Å². The van der Waals surface area contributed by atoms with Crippen LogP contribution >= 0.6 is 0 Å². The zero-order chi connectivity index (χ0) is 22.8. The number of nitrogens with zero attached hydrogens (tertiary/aromatic N) is 2. The minimum absolute atomic E-state index is 0.0636. The molecule has 162 valence electrons. The molecule has 1 aromatic heterocycles. The Balaban J connectivity index is 1.91. The van der Waals surface area contributed by atoms with E-state index in [4.69, 9.17) is 4.74 Å². The minimum atomic E-state index is -0.933. The average Bonchev–Trinajstić information content (AvgIpc) is 3.07. The monoisotopic (exact) mass is 430 g/mol. The lowest BCUT2D eigenvalue weighted by Gasteiger charge is -2.26. The number of aliphatic hydroxyl groups excluding tert-OH is 1. The summed E-state index contributed by atoms with van der Waals surface area (Å²) in [4.78, 5) is 31.5. The molecule has 1 saturated heterocycles. The largest absolute Gasteiger partial charge is 0.507 e. The lowest BCUT2D eigenvalue weighted by atomic mass is 9.95. The molecule has 4 rings (SSSR count). The van der Waals surface area contributed by atoms with E-state index in [-0.39, 0.29) is 22.8 Å². The Morgan fingerprint density at radius 2 is 1.75 bits per heavy atom. The van der Waals surface area contributed by atoms with Gasteiger partial charge >= 0.3 is 0 Å². The zero-order valence-electron chi connectivity index (χ0n) is 17.6. The van der Waals surface area contributed by atoms with Gasteiger partial charge in [0.15, 0.2) is 0 Å². The van der Waals surface area contributed by atoms with E-state index in [0.29, 0.717) is 23.5 Å². The van der Waals surface area contributed by atoms with E-state index in [1.165, 1.54) is 11.0 Å². The van der Waals surface area contributed by atoms with Crippen molar-refractivity contribution in [3.05, 3.63) is 89.3 Å². The predicted octanol–water partition coefficient (Wildman–Crippen LogP) is 4.12. The highest BCUT2D eigenvalue weighted by Gasteiger charge is 2.47. The smallest absolute Gasteiger partial charge is 0.300 e. The summed E-state index contributed by atoms with van der Waals surface area (Å²) in [5.41, 5.74) is 1.89. The van der Waals surface area contributed by atoms with Crippen molar-refractivity contribution in [1.29, 1.82) is 0 Å². The van der Waals surface area contributed by atoms with Gasteiger partial charge in [-0.05, 0) is 73.5 Å². The standard InChI is InChI=1S/C25H22N2O5/c1-3-32-18-7-5-17(6-8-18)23(29)21-22(16-10-12-26-13-11-16)27(25(31)24(21)30)19-14-15(2)4-9-20(19)28/h4-14,22,28-29H,3H2,1-2H3/b23-21+. The Morgan fingerprint density at radius 1 is 1.06 bits per heavy atom. The number of rotatable bonds is 5. The van der Waals surface area contributed by atoms with Gasteiger partial charge in [0.2, 0.25) is 0 Å². The van der Waals surface area contributed by atoms with Crippen molar-refractivity contribution in [2.75, 3.05) is 11.5 Å². The number of hydrogen-bond acceptors (Lipinski definition) is 6. The van der Waals surface area contributed by atoms with Gasteiger partial charge in [-0.15, -0.1) is 0 Å². The van der Waals surface area contributed by atoms with Gasteiger partial charge in [-0.3, -0.25) is 19.5 Å². The summed E-state index contributed by atoms with van der Waals surface area (Å²) in [6, 6.07) is 13.8. The fourth-order valence-corrected chi connectivity index (χ4v) is 3.80. The van der Waals surface area contributed by atoms with Gasteiger partial charge in [-0.25, -0.2) is 0 Å². The summed E-state index contributed by atoms with van der Waals surface area (Å²) in [6.45, 7) is 4.18. The number of Topliss-reactive ketones (excluding diaryl/α,β-unsaturated/α-hetero) is 1. The quantitative estimate of drug-likeness (QED) is 0.359. The molecule has 7 nitrogen and oxygen atoms in total. The van der Waals surface area contributed by atoms with Crippen molar-refractivity contribution in [1.82, 2.24) is 4.98 Å². The third kappa shape index (κ3) is 3.69. The van der Waals surface area contributed by atoms with E-state index in [1.807, 2.05) is 13.8 Å². The number of aromatic hydroxyl groups is 1. The molecule has 32 heavy (non-hydrogen) atoms. The van der Waals surface area contributed by atoms with Crippen LogP contribution in [-0.4, -0.2) is 33.5 Å². The average molecular weight is 430 g/mol. The van der Waals surface area contributed by atoms with Crippen LogP contribution < -0.4 is 9.64 Å². The van der Waals surface area contributed by atoms with Crippen molar-refractivity contribution in [2.24, 2.45) is 0 Å². The molecular formula is C25H22N2O5. The van der Waals surface area contributed by atoms with Crippen molar-refractivity contribution in [3.63, 3.8) is 0 Å². The van der Waals surface area contributed by atoms with Gasteiger partial charge in [-0.2, -0.15) is 0 Å². The van der Waals surface area contributed by atoms with Crippen LogP contribution in [0.5, 0.6) is 11.5 Å². The number of hydrogen-bond donors (Lipinski definition) is 2. The van der Waals surface area contributed by atoms with Crippen LogP contribution in [0.3, 0.4) is 0 Å². The number of aryl methyl sites for hydroxylation is 1. The summed E-state index contributed by atoms with van der Waals surface area (Å²) in [6.07, 6.45) is 3.09. The second-order valence-electron chi connectivity index (χ2n) is 7.40. The number of pyridine rings is 1. The van der Waals surface area contributed by atoms with Crippen molar-refractivity contribution < 1.29 is 24.5 Å². The molecule has 1 unspecified atom stereocenters. The molecule has 1 aliphatic heterocycles. The highest BCUT2D eigenvalue weighted by atomic mass is 16.5. The number of ketones is 1. The summed E-state index contributed by atoms with van der Waals surface area (Å²) in [5.74, 6) is -1.49. The Kier molecular flexibility index (Phi) is 5.64. The van der Waals surface area contributed by atoms with E-state index in [2.05, 4.69) is 4.98 Å². The molecule has 1 amide bonds. The van der Waals surface area contributed by atoms with Gasteiger partial charge in [0.05, 0.1) is 23.9 Å². The van der Waals surface area contributed by atoms with E-state index in [0.717, 1.165) is 5.56 Å². The fourth-order valence-electron chi connectivity index (χ4n) is 3.80. The highest BCUT2D eigenvalue weighted by Crippen LogP contribution is 2.44. The van der Waals surface area contributed by atoms with Crippen LogP contribution in [0, 0.1) is 6.92 Å². The molecule has 0 bridgehead atoms. The van der Waals surface area contributed by atoms with Gasteiger partial charge < -0.3 is 14.9 Å². The van der Waals surface area contributed by atoms with Crippen LogP contribution in [0.15, 0.2) is 72.6 Å². The van der Waals surface area contributed by atoms with Crippen molar-refractivity contribution in [2.45, 2.75) is 19.9 Å². The third-order valence-electron chi connectivity index (χ3n) is 5.30. The van der Waals surface area contributed by atoms with Gasteiger partial charge in [0.1, 0.15) is 17.3 Å². The summed E-state index contributed by atoms with van der Waals surface area (Å²) < 4.78 is 5.43. The number of phenolic OH excluding ortho intramolecular Hbond substituents is 1. The minimum Gasteiger partial charge on any atom is -0.507 e. The second kappa shape index (κ2) is 8.55. The maximum Gasteiger partial charge on any atom is 0.300 e. The molecule has 1 aliphatic rings. The Hall–Kier alpha value is -4.13. The zero-order valence-corrected chi connectivity index (χ0v) is 17.6. The molecule has 2 aromatic carbocycles. The number of carbonyl (C=O) groups excluding carboxylic acids is 2. The van der Waals surface area contributed by atoms with Gasteiger partial charge in [0, 0.05) is 18.0 Å². The lowest BCUT2D eigenvalue weighted by Crippen LogP contribution is -2.29. The van der Waals surface area contributed by atoms with Crippen LogP contribution in [-0.2, 0) is 9.59 Å². The Bertz CT molecular complexity index is 1200.